The number of aromatic nitrogens is 3. The molecule has 0 bridgehead atoms. The number of halogens is 2. The molecule has 0 saturated heterocycles. The molecule has 17 heavy (non-hydrogen) atoms. The lowest BCUT2D eigenvalue weighted by Gasteiger charge is -2.11. The Balaban J connectivity index is 2.16. The average Bonchev–Trinajstić information content (AvgIpc) is 2.70. The predicted octanol–water partition coefficient (Wildman–Crippen LogP) is 2.36. The van der Waals surface area contributed by atoms with Gasteiger partial charge >= 0.3 is 0 Å². The third kappa shape index (κ3) is 2.77. The van der Waals surface area contributed by atoms with E-state index in [-0.39, 0.29) is 6.04 Å². The summed E-state index contributed by atoms with van der Waals surface area (Å²) in [7, 11) is 1.82. The number of hydrogen-bond donors (Lipinski definition) is 1. The van der Waals surface area contributed by atoms with Crippen LogP contribution in [-0.4, -0.2) is 15.0 Å². The van der Waals surface area contributed by atoms with Crippen LogP contribution in [-0.2, 0) is 13.5 Å². The zero-order valence-electron chi connectivity index (χ0n) is 9.27. The van der Waals surface area contributed by atoms with E-state index < -0.39 is 0 Å². The van der Waals surface area contributed by atoms with Crippen LogP contribution in [0.4, 0.5) is 0 Å². The number of aryl methyl sites for hydroxylation is 1. The summed E-state index contributed by atoms with van der Waals surface area (Å²) in [6.45, 7) is 0. The summed E-state index contributed by atoms with van der Waals surface area (Å²) in [6, 6.07) is 5.35. The second kappa shape index (κ2) is 5.04. The van der Waals surface area contributed by atoms with Gasteiger partial charge in [-0.25, -0.2) is 0 Å². The summed E-state index contributed by atoms with van der Waals surface area (Å²) in [5.41, 5.74) is 8.00. The monoisotopic (exact) mass is 270 g/mol. The Morgan fingerprint density at radius 3 is 2.71 bits per heavy atom. The lowest BCUT2D eigenvalue weighted by Crippen LogP contribution is -2.17. The SMILES string of the molecule is Cn1nncc1C(N)Cc1ccc(Cl)c(Cl)c1. The molecule has 0 amide bonds. The van der Waals surface area contributed by atoms with Crippen LogP contribution in [0.2, 0.25) is 10.0 Å². The third-order valence-corrected chi connectivity index (χ3v) is 3.31. The first-order valence-electron chi connectivity index (χ1n) is 5.12. The largest absolute Gasteiger partial charge is 0.322 e. The summed E-state index contributed by atoms with van der Waals surface area (Å²) < 4.78 is 1.67. The van der Waals surface area contributed by atoms with Crippen molar-refractivity contribution in [2.24, 2.45) is 12.8 Å². The van der Waals surface area contributed by atoms with E-state index in [4.69, 9.17) is 28.9 Å². The summed E-state index contributed by atoms with van der Waals surface area (Å²) in [5, 5.41) is 8.74. The number of nitrogens with two attached hydrogens (primary N) is 1. The molecule has 0 fully saturated rings. The molecule has 1 unspecified atom stereocenters. The van der Waals surface area contributed by atoms with Gasteiger partial charge in [-0.05, 0) is 24.1 Å². The van der Waals surface area contributed by atoms with Crippen molar-refractivity contribution in [2.75, 3.05) is 0 Å². The molecule has 1 aromatic heterocycles. The van der Waals surface area contributed by atoms with Crippen molar-refractivity contribution in [3.05, 3.63) is 45.7 Å². The highest BCUT2D eigenvalue weighted by Gasteiger charge is 2.12. The maximum absolute atomic E-state index is 6.08. The maximum atomic E-state index is 6.08. The van der Waals surface area contributed by atoms with Crippen LogP contribution in [0.15, 0.2) is 24.4 Å². The highest BCUT2D eigenvalue weighted by molar-refractivity contribution is 6.42. The minimum atomic E-state index is -0.160. The fourth-order valence-electron chi connectivity index (χ4n) is 1.66. The molecule has 2 aromatic rings. The summed E-state index contributed by atoms with van der Waals surface area (Å²) in [5.74, 6) is 0. The Kier molecular flexibility index (Phi) is 3.66. The molecule has 1 heterocycles. The average molecular weight is 271 g/mol. The topological polar surface area (TPSA) is 56.7 Å². The van der Waals surface area contributed by atoms with Gasteiger partial charge in [0.1, 0.15) is 0 Å². The molecule has 0 aliphatic heterocycles. The zero-order valence-corrected chi connectivity index (χ0v) is 10.8. The van der Waals surface area contributed by atoms with Crippen molar-refractivity contribution in [3.8, 4) is 0 Å². The van der Waals surface area contributed by atoms with Gasteiger partial charge in [0, 0.05) is 7.05 Å². The lowest BCUT2D eigenvalue weighted by atomic mass is 10.0. The standard InChI is InChI=1S/C11H12Cl2N4/c1-17-11(6-15-16-17)10(14)5-7-2-3-8(12)9(13)4-7/h2-4,6,10H,5,14H2,1H3. The predicted molar refractivity (Wildman–Crippen MR) is 68.1 cm³/mol. The molecule has 1 atom stereocenters. The van der Waals surface area contributed by atoms with Gasteiger partial charge in [-0.1, -0.05) is 34.5 Å². The van der Waals surface area contributed by atoms with Gasteiger partial charge in [0.25, 0.3) is 0 Å². The van der Waals surface area contributed by atoms with E-state index in [9.17, 15) is 0 Å². The molecule has 0 radical (unpaired) electrons. The summed E-state index contributed by atoms with van der Waals surface area (Å²) in [4.78, 5) is 0. The van der Waals surface area contributed by atoms with Crippen LogP contribution in [0.3, 0.4) is 0 Å². The number of rotatable bonds is 3. The molecule has 0 aliphatic rings. The fraction of sp³-hybridized carbons (Fsp3) is 0.273. The molecule has 6 heteroatoms. The van der Waals surface area contributed by atoms with E-state index in [1.54, 1.807) is 16.9 Å². The van der Waals surface area contributed by atoms with Gasteiger partial charge in [0.15, 0.2) is 0 Å². The molecule has 2 N–H and O–H groups in total. The Bertz CT molecular complexity index is 524. The Labute approximate surface area is 109 Å². The van der Waals surface area contributed by atoms with Gasteiger partial charge < -0.3 is 5.73 Å². The Morgan fingerprint density at radius 1 is 1.35 bits per heavy atom. The van der Waals surface area contributed by atoms with E-state index in [0.29, 0.717) is 16.5 Å². The second-order valence-electron chi connectivity index (χ2n) is 3.84. The van der Waals surface area contributed by atoms with Crippen molar-refractivity contribution in [1.29, 1.82) is 0 Å². The van der Waals surface area contributed by atoms with Gasteiger partial charge in [-0.2, -0.15) is 0 Å². The Hall–Kier alpha value is -1.10. The van der Waals surface area contributed by atoms with E-state index >= 15 is 0 Å². The third-order valence-electron chi connectivity index (χ3n) is 2.57. The molecule has 0 saturated carbocycles. The van der Waals surface area contributed by atoms with E-state index in [1.165, 1.54) is 0 Å². The maximum Gasteiger partial charge on any atom is 0.0754 e. The minimum Gasteiger partial charge on any atom is -0.322 e. The normalized spacial score (nSPS) is 12.7. The summed E-state index contributed by atoms with van der Waals surface area (Å²) >= 11 is 11.8. The van der Waals surface area contributed by atoms with Gasteiger partial charge in [0.2, 0.25) is 0 Å². The first kappa shape index (κ1) is 12.4. The summed E-state index contributed by atoms with van der Waals surface area (Å²) in [6.07, 6.45) is 2.33. The van der Waals surface area contributed by atoms with Crippen molar-refractivity contribution < 1.29 is 0 Å². The molecule has 2 rings (SSSR count). The molecule has 1 aromatic carbocycles. The smallest absolute Gasteiger partial charge is 0.0754 e. The molecular formula is C11H12Cl2N4. The van der Waals surface area contributed by atoms with Crippen molar-refractivity contribution in [3.63, 3.8) is 0 Å². The van der Waals surface area contributed by atoms with Crippen LogP contribution >= 0.6 is 23.2 Å². The highest BCUT2D eigenvalue weighted by Crippen LogP contribution is 2.24. The number of nitrogens with zero attached hydrogens (tertiary/aromatic N) is 3. The van der Waals surface area contributed by atoms with Crippen molar-refractivity contribution >= 4 is 23.2 Å². The van der Waals surface area contributed by atoms with Crippen molar-refractivity contribution in [1.82, 2.24) is 15.0 Å². The van der Waals surface area contributed by atoms with E-state index in [0.717, 1.165) is 11.3 Å². The van der Waals surface area contributed by atoms with Crippen LogP contribution < -0.4 is 5.73 Å². The Morgan fingerprint density at radius 2 is 2.12 bits per heavy atom. The van der Waals surface area contributed by atoms with E-state index in [1.807, 2.05) is 19.2 Å². The van der Waals surface area contributed by atoms with Crippen LogP contribution in [0.25, 0.3) is 0 Å². The second-order valence-corrected chi connectivity index (χ2v) is 4.66. The van der Waals surface area contributed by atoms with Gasteiger partial charge in [-0.15, -0.1) is 5.10 Å². The molecule has 4 nitrogen and oxygen atoms in total. The number of hydrogen-bond acceptors (Lipinski definition) is 3. The molecule has 0 spiro atoms. The van der Waals surface area contributed by atoms with Crippen LogP contribution in [0.1, 0.15) is 17.3 Å². The van der Waals surface area contributed by atoms with E-state index in [2.05, 4.69) is 10.3 Å². The van der Waals surface area contributed by atoms with Crippen LogP contribution in [0, 0.1) is 0 Å². The van der Waals surface area contributed by atoms with Gasteiger partial charge in [-0.3, -0.25) is 4.68 Å². The molecule has 90 valence electrons. The molecular weight excluding hydrogens is 259 g/mol. The molecule has 0 aliphatic carbocycles. The highest BCUT2D eigenvalue weighted by atomic mass is 35.5. The first-order chi connectivity index (χ1) is 8.08. The van der Waals surface area contributed by atoms with Crippen LogP contribution in [0.5, 0.6) is 0 Å². The fourth-order valence-corrected chi connectivity index (χ4v) is 1.98. The lowest BCUT2D eigenvalue weighted by molar-refractivity contribution is 0.607. The quantitative estimate of drug-likeness (QED) is 0.932. The first-order valence-corrected chi connectivity index (χ1v) is 5.87. The van der Waals surface area contributed by atoms with Gasteiger partial charge in [0.05, 0.1) is 28.0 Å². The zero-order chi connectivity index (χ0) is 12.4. The van der Waals surface area contributed by atoms with Crippen molar-refractivity contribution in [2.45, 2.75) is 12.5 Å². The number of benzene rings is 1. The minimum absolute atomic E-state index is 0.160.